The Morgan fingerprint density at radius 1 is 1.43 bits per heavy atom. The van der Waals surface area contributed by atoms with Crippen LogP contribution in [-0.4, -0.2) is 30.5 Å². The molecule has 0 aromatic heterocycles. The third-order valence-corrected chi connectivity index (χ3v) is 3.39. The van der Waals surface area contributed by atoms with Crippen LogP contribution in [0.4, 0.5) is 0 Å². The summed E-state index contributed by atoms with van der Waals surface area (Å²) >= 11 is 0. The number of benzene rings is 1. The summed E-state index contributed by atoms with van der Waals surface area (Å²) in [4.78, 5) is 23.9. The van der Waals surface area contributed by atoms with Crippen molar-refractivity contribution in [3.05, 3.63) is 48.6 Å². The lowest BCUT2D eigenvalue weighted by molar-refractivity contribution is -0.147. The molecule has 2 unspecified atom stereocenters. The predicted octanol–water partition coefficient (Wildman–Crippen LogP) is 1.15. The van der Waals surface area contributed by atoms with Crippen molar-refractivity contribution < 1.29 is 14.3 Å². The van der Waals surface area contributed by atoms with Crippen LogP contribution < -0.4 is 10.6 Å². The van der Waals surface area contributed by atoms with E-state index in [2.05, 4.69) is 17.2 Å². The number of rotatable bonds is 6. The molecule has 2 rings (SSSR count). The van der Waals surface area contributed by atoms with Crippen molar-refractivity contribution in [3.8, 4) is 0 Å². The van der Waals surface area contributed by atoms with Gasteiger partial charge in [-0.1, -0.05) is 36.4 Å². The highest BCUT2D eigenvalue weighted by Gasteiger charge is 2.26. The minimum absolute atomic E-state index is 0.182. The minimum Gasteiger partial charge on any atom is -0.459 e. The van der Waals surface area contributed by atoms with E-state index in [-0.39, 0.29) is 18.6 Å². The van der Waals surface area contributed by atoms with E-state index in [1.54, 1.807) is 0 Å². The van der Waals surface area contributed by atoms with Crippen LogP contribution in [0, 0.1) is 0 Å². The maximum atomic E-state index is 12.0. The molecule has 112 valence electrons. The minimum atomic E-state index is -0.816. The first-order valence-corrected chi connectivity index (χ1v) is 7.07. The van der Waals surface area contributed by atoms with E-state index in [9.17, 15) is 9.59 Å². The van der Waals surface area contributed by atoms with Crippen molar-refractivity contribution in [3.63, 3.8) is 0 Å². The summed E-state index contributed by atoms with van der Waals surface area (Å²) in [5.74, 6) is -0.686. The normalized spacial score (nSPS) is 18.8. The largest absolute Gasteiger partial charge is 0.459 e. The molecule has 2 N–H and O–H groups in total. The summed E-state index contributed by atoms with van der Waals surface area (Å²) in [5, 5.41) is 5.73. The summed E-state index contributed by atoms with van der Waals surface area (Å²) < 4.78 is 5.20. The Morgan fingerprint density at radius 3 is 2.81 bits per heavy atom. The molecule has 5 nitrogen and oxygen atoms in total. The van der Waals surface area contributed by atoms with E-state index >= 15 is 0 Å². The van der Waals surface area contributed by atoms with Crippen molar-refractivity contribution in [2.24, 2.45) is 0 Å². The third-order valence-electron chi connectivity index (χ3n) is 3.39. The van der Waals surface area contributed by atoms with Crippen LogP contribution in [0.1, 0.15) is 18.4 Å². The number of carbonyl (C=O) groups excluding carboxylic acids is 2. The fourth-order valence-electron chi connectivity index (χ4n) is 2.19. The maximum Gasteiger partial charge on any atom is 0.333 e. The summed E-state index contributed by atoms with van der Waals surface area (Å²) in [5.41, 5.74) is 0.900. The molecule has 1 fully saturated rings. The van der Waals surface area contributed by atoms with Gasteiger partial charge in [-0.3, -0.25) is 4.79 Å². The fourth-order valence-corrected chi connectivity index (χ4v) is 2.19. The van der Waals surface area contributed by atoms with Crippen molar-refractivity contribution in [1.29, 1.82) is 0 Å². The fraction of sp³-hybridized carbons (Fsp3) is 0.375. The molecule has 1 aliphatic heterocycles. The highest BCUT2D eigenvalue weighted by molar-refractivity contribution is 5.88. The Hall–Kier alpha value is -2.14. The molecule has 0 saturated carbocycles. The van der Waals surface area contributed by atoms with E-state index in [0.29, 0.717) is 0 Å². The van der Waals surface area contributed by atoms with E-state index in [4.69, 9.17) is 4.74 Å². The van der Waals surface area contributed by atoms with Gasteiger partial charge in [-0.05, 0) is 24.9 Å². The Labute approximate surface area is 124 Å². The van der Waals surface area contributed by atoms with Gasteiger partial charge in [-0.15, -0.1) is 6.58 Å². The molecular formula is C16H20N2O3. The molecular weight excluding hydrogens is 268 g/mol. The number of hydrogen-bond acceptors (Lipinski definition) is 4. The molecule has 0 aliphatic carbocycles. The number of hydrogen-bond donors (Lipinski definition) is 2. The highest BCUT2D eigenvalue weighted by Crippen LogP contribution is 2.06. The number of carbonyl (C=O) groups is 2. The van der Waals surface area contributed by atoms with Crippen molar-refractivity contribution >= 4 is 11.9 Å². The van der Waals surface area contributed by atoms with E-state index in [0.717, 1.165) is 24.9 Å². The van der Waals surface area contributed by atoms with Crippen LogP contribution in [0.3, 0.4) is 0 Å². The summed E-state index contributed by atoms with van der Waals surface area (Å²) in [6.45, 7) is 4.59. The van der Waals surface area contributed by atoms with Gasteiger partial charge in [0.1, 0.15) is 12.6 Å². The van der Waals surface area contributed by atoms with Crippen molar-refractivity contribution in [2.45, 2.75) is 31.5 Å². The highest BCUT2D eigenvalue weighted by atomic mass is 16.5. The standard InChI is InChI=1S/C16H20N2O3/c1-2-13(18-15(19)14-9-6-10-17-14)16(20)21-11-12-7-4-3-5-8-12/h2-5,7-8,13-14,17H,1,6,9-11H2,(H,18,19). The average molecular weight is 288 g/mol. The molecule has 1 aromatic carbocycles. The van der Waals surface area contributed by atoms with E-state index < -0.39 is 12.0 Å². The molecule has 2 atom stereocenters. The van der Waals surface area contributed by atoms with Crippen molar-refractivity contribution in [2.75, 3.05) is 6.54 Å². The van der Waals surface area contributed by atoms with Gasteiger partial charge in [-0.2, -0.15) is 0 Å². The van der Waals surface area contributed by atoms with Crippen LogP contribution in [0.25, 0.3) is 0 Å². The number of ether oxygens (including phenoxy) is 1. The van der Waals surface area contributed by atoms with Gasteiger partial charge < -0.3 is 15.4 Å². The van der Waals surface area contributed by atoms with E-state index in [1.807, 2.05) is 30.3 Å². The average Bonchev–Trinajstić information content (AvgIpc) is 3.05. The van der Waals surface area contributed by atoms with Crippen LogP contribution in [0.5, 0.6) is 0 Å². The second-order valence-corrected chi connectivity index (χ2v) is 4.96. The first-order chi connectivity index (χ1) is 10.2. The second kappa shape index (κ2) is 7.59. The first-order valence-electron chi connectivity index (χ1n) is 7.07. The molecule has 21 heavy (non-hydrogen) atoms. The number of nitrogens with one attached hydrogen (secondary N) is 2. The zero-order valence-corrected chi connectivity index (χ0v) is 11.9. The number of esters is 1. The summed E-state index contributed by atoms with van der Waals surface area (Å²) in [6.07, 6.45) is 3.14. The van der Waals surface area contributed by atoms with Crippen LogP contribution in [0.15, 0.2) is 43.0 Å². The van der Waals surface area contributed by atoms with Gasteiger partial charge in [0, 0.05) is 0 Å². The van der Waals surface area contributed by atoms with Crippen molar-refractivity contribution in [1.82, 2.24) is 10.6 Å². The Kier molecular flexibility index (Phi) is 5.51. The smallest absolute Gasteiger partial charge is 0.333 e. The van der Waals surface area contributed by atoms with Gasteiger partial charge in [0.15, 0.2) is 0 Å². The van der Waals surface area contributed by atoms with Crippen LogP contribution >= 0.6 is 0 Å². The maximum absolute atomic E-state index is 12.0. The lowest BCUT2D eigenvalue weighted by atomic mass is 10.2. The molecule has 5 heteroatoms. The van der Waals surface area contributed by atoms with Gasteiger partial charge in [0.2, 0.25) is 5.91 Å². The monoisotopic (exact) mass is 288 g/mol. The zero-order chi connectivity index (χ0) is 15.1. The molecule has 0 spiro atoms. The topological polar surface area (TPSA) is 67.4 Å². The predicted molar refractivity (Wildman–Crippen MR) is 79.4 cm³/mol. The van der Waals surface area contributed by atoms with Gasteiger partial charge in [0.25, 0.3) is 0 Å². The second-order valence-electron chi connectivity index (χ2n) is 4.96. The Balaban J connectivity index is 1.83. The van der Waals surface area contributed by atoms with Gasteiger partial charge in [0.05, 0.1) is 6.04 Å². The summed E-state index contributed by atoms with van der Waals surface area (Å²) in [7, 11) is 0. The third kappa shape index (κ3) is 4.43. The SMILES string of the molecule is C=CC(NC(=O)C1CCCN1)C(=O)OCc1ccccc1. The summed E-state index contributed by atoms with van der Waals surface area (Å²) in [6, 6.07) is 8.35. The quantitative estimate of drug-likeness (QED) is 0.609. The molecule has 0 radical (unpaired) electrons. The lowest BCUT2D eigenvalue weighted by Crippen LogP contribution is -2.47. The Bertz CT molecular complexity index is 496. The van der Waals surface area contributed by atoms with Gasteiger partial charge >= 0.3 is 5.97 Å². The molecule has 1 aliphatic rings. The Morgan fingerprint density at radius 2 is 2.19 bits per heavy atom. The van der Waals surface area contributed by atoms with E-state index in [1.165, 1.54) is 6.08 Å². The van der Waals surface area contributed by atoms with Crippen LogP contribution in [-0.2, 0) is 20.9 Å². The first kappa shape index (κ1) is 15.3. The molecule has 1 heterocycles. The zero-order valence-electron chi connectivity index (χ0n) is 11.9. The van der Waals surface area contributed by atoms with Crippen LogP contribution in [0.2, 0.25) is 0 Å². The van der Waals surface area contributed by atoms with Gasteiger partial charge in [-0.25, -0.2) is 4.79 Å². The lowest BCUT2D eigenvalue weighted by Gasteiger charge is -2.17. The number of amides is 1. The molecule has 1 amide bonds. The molecule has 0 bridgehead atoms. The molecule has 1 saturated heterocycles. The molecule has 1 aromatic rings.